The van der Waals surface area contributed by atoms with E-state index in [1.54, 1.807) is 31.2 Å². The van der Waals surface area contributed by atoms with Gasteiger partial charge in [-0.1, -0.05) is 0 Å². The van der Waals surface area contributed by atoms with E-state index in [1.165, 1.54) is 6.92 Å². The summed E-state index contributed by atoms with van der Waals surface area (Å²) in [4.78, 5) is 26.9. The van der Waals surface area contributed by atoms with E-state index in [4.69, 9.17) is 4.84 Å². The third-order valence-electron chi connectivity index (χ3n) is 1.86. The standard InChI is InChI=1S/C11H14N2O3/c1-3-16-13-11(15)12-10-6-4-9(5-7-10)8(2)14/h4-7H,3H2,1-2H3,(H2,12,13,15). The second-order valence-electron chi connectivity index (χ2n) is 3.12. The summed E-state index contributed by atoms with van der Waals surface area (Å²) >= 11 is 0. The average molecular weight is 222 g/mol. The van der Waals surface area contributed by atoms with Gasteiger partial charge < -0.3 is 5.32 Å². The summed E-state index contributed by atoms with van der Waals surface area (Å²) in [7, 11) is 0. The number of urea groups is 1. The molecule has 2 N–H and O–H groups in total. The Bertz CT molecular complexity index is 373. The van der Waals surface area contributed by atoms with E-state index in [9.17, 15) is 9.59 Å². The second-order valence-corrected chi connectivity index (χ2v) is 3.12. The molecule has 16 heavy (non-hydrogen) atoms. The molecule has 1 aromatic carbocycles. The highest BCUT2D eigenvalue weighted by atomic mass is 16.7. The van der Waals surface area contributed by atoms with Crippen molar-refractivity contribution in [1.82, 2.24) is 5.48 Å². The van der Waals surface area contributed by atoms with Crippen molar-refractivity contribution in [3.05, 3.63) is 29.8 Å². The highest BCUT2D eigenvalue weighted by Crippen LogP contribution is 2.09. The van der Waals surface area contributed by atoms with E-state index >= 15 is 0 Å². The number of carbonyl (C=O) groups is 2. The van der Waals surface area contributed by atoms with Crippen LogP contribution >= 0.6 is 0 Å². The fourth-order valence-corrected chi connectivity index (χ4v) is 1.08. The van der Waals surface area contributed by atoms with Crippen molar-refractivity contribution < 1.29 is 14.4 Å². The summed E-state index contributed by atoms with van der Waals surface area (Å²) in [6.45, 7) is 3.66. The molecule has 0 aliphatic rings. The molecule has 1 rings (SSSR count). The molecule has 0 heterocycles. The topological polar surface area (TPSA) is 67.4 Å². The van der Waals surface area contributed by atoms with Gasteiger partial charge in [-0.25, -0.2) is 10.3 Å². The molecule has 5 nitrogen and oxygen atoms in total. The Morgan fingerprint density at radius 1 is 1.25 bits per heavy atom. The first-order chi connectivity index (χ1) is 7.63. The first-order valence-electron chi connectivity index (χ1n) is 4.93. The SMILES string of the molecule is CCONC(=O)Nc1ccc(C(C)=O)cc1. The number of carbonyl (C=O) groups excluding carboxylic acids is 2. The van der Waals surface area contributed by atoms with Crippen LogP contribution in [0, 0.1) is 0 Å². The summed E-state index contributed by atoms with van der Waals surface area (Å²) < 4.78 is 0. The predicted molar refractivity (Wildman–Crippen MR) is 60.2 cm³/mol. The van der Waals surface area contributed by atoms with Crippen LogP contribution in [-0.4, -0.2) is 18.4 Å². The molecule has 0 aliphatic heterocycles. The molecule has 0 aliphatic carbocycles. The van der Waals surface area contributed by atoms with Crippen LogP contribution in [0.25, 0.3) is 0 Å². The zero-order valence-corrected chi connectivity index (χ0v) is 9.24. The Morgan fingerprint density at radius 3 is 2.38 bits per heavy atom. The largest absolute Gasteiger partial charge is 0.343 e. The normalized spacial score (nSPS) is 9.62. The fourth-order valence-electron chi connectivity index (χ4n) is 1.08. The molecule has 1 aromatic rings. The summed E-state index contributed by atoms with van der Waals surface area (Å²) in [6, 6.07) is 6.17. The number of nitrogens with one attached hydrogen (secondary N) is 2. The van der Waals surface area contributed by atoms with E-state index in [-0.39, 0.29) is 5.78 Å². The van der Waals surface area contributed by atoms with Crippen molar-refractivity contribution in [2.24, 2.45) is 0 Å². The molecule has 5 heteroatoms. The first kappa shape index (κ1) is 12.2. The van der Waals surface area contributed by atoms with E-state index < -0.39 is 6.03 Å². The third-order valence-corrected chi connectivity index (χ3v) is 1.86. The Labute approximate surface area is 93.7 Å². The molecular weight excluding hydrogens is 208 g/mol. The fraction of sp³-hybridized carbons (Fsp3) is 0.273. The lowest BCUT2D eigenvalue weighted by molar-refractivity contribution is 0.0758. The molecule has 0 fully saturated rings. The van der Waals surface area contributed by atoms with Gasteiger partial charge in [-0.3, -0.25) is 9.63 Å². The number of benzene rings is 1. The van der Waals surface area contributed by atoms with Gasteiger partial charge in [0.2, 0.25) is 0 Å². The van der Waals surface area contributed by atoms with Crippen LogP contribution in [0.3, 0.4) is 0 Å². The number of hydroxylamine groups is 1. The summed E-state index contributed by atoms with van der Waals surface area (Å²) in [6.07, 6.45) is 0. The molecule has 0 spiro atoms. The second kappa shape index (κ2) is 5.87. The van der Waals surface area contributed by atoms with E-state index in [1.807, 2.05) is 0 Å². The smallest absolute Gasteiger partial charge is 0.306 e. The Balaban J connectivity index is 2.55. The van der Waals surface area contributed by atoms with Gasteiger partial charge in [0.05, 0.1) is 6.61 Å². The molecule has 0 aromatic heterocycles. The number of hydrogen-bond acceptors (Lipinski definition) is 3. The van der Waals surface area contributed by atoms with E-state index in [2.05, 4.69) is 10.8 Å². The Morgan fingerprint density at radius 2 is 1.88 bits per heavy atom. The molecule has 0 saturated carbocycles. The molecule has 0 unspecified atom stereocenters. The van der Waals surface area contributed by atoms with E-state index in [0.29, 0.717) is 17.9 Å². The van der Waals surface area contributed by atoms with Crippen LogP contribution in [0.1, 0.15) is 24.2 Å². The van der Waals surface area contributed by atoms with Crippen LogP contribution in [0.15, 0.2) is 24.3 Å². The zero-order chi connectivity index (χ0) is 12.0. The highest BCUT2D eigenvalue weighted by Gasteiger charge is 2.02. The lowest BCUT2D eigenvalue weighted by Gasteiger charge is -2.06. The third kappa shape index (κ3) is 3.70. The van der Waals surface area contributed by atoms with Crippen molar-refractivity contribution in [3.63, 3.8) is 0 Å². The van der Waals surface area contributed by atoms with Crippen LogP contribution in [0.4, 0.5) is 10.5 Å². The van der Waals surface area contributed by atoms with Crippen LogP contribution in [-0.2, 0) is 4.84 Å². The zero-order valence-electron chi connectivity index (χ0n) is 9.24. The van der Waals surface area contributed by atoms with Gasteiger partial charge in [0.25, 0.3) is 0 Å². The van der Waals surface area contributed by atoms with Crippen LogP contribution in [0.2, 0.25) is 0 Å². The summed E-state index contributed by atoms with van der Waals surface area (Å²) in [5.74, 6) is -0.00896. The van der Waals surface area contributed by atoms with Crippen molar-refractivity contribution in [3.8, 4) is 0 Å². The van der Waals surface area contributed by atoms with Gasteiger partial charge in [-0.2, -0.15) is 0 Å². The lowest BCUT2D eigenvalue weighted by atomic mass is 10.1. The number of rotatable bonds is 4. The summed E-state index contributed by atoms with van der Waals surface area (Å²) in [5, 5.41) is 2.56. The maximum atomic E-state index is 11.2. The Kier molecular flexibility index (Phi) is 4.47. The molecule has 2 amide bonds. The van der Waals surface area contributed by atoms with Gasteiger partial charge in [-0.15, -0.1) is 0 Å². The number of anilines is 1. The molecule has 0 radical (unpaired) electrons. The van der Waals surface area contributed by atoms with Crippen molar-refractivity contribution in [2.45, 2.75) is 13.8 Å². The van der Waals surface area contributed by atoms with Gasteiger partial charge in [0.15, 0.2) is 5.78 Å². The number of ketones is 1. The number of amides is 2. The maximum absolute atomic E-state index is 11.2. The average Bonchev–Trinajstić information content (AvgIpc) is 2.27. The van der Waals surface area contributed by atoms with Crippen molar-refractivity contribution >= 4 is 17.5 Å². The van der Waals surface area contributed by atoms with Gasteiger partial charge in [-0.05, 0) is 38.1 Å². The van der Waals surface area contributed by atoms with Gasteiger partial charge >= 0.3 is 6.03 Å². The van der Waals surface area contributed by atoms with Crippen molar-refractivity contribution in [2.75, 3.05) is 11.9 Å². The minimum atomic E-state index is -0.447. The van der Waals surface area contributed by atoms with Gasteiger partial charge in [0.1, 0.15) is 0 Å². The van der Waals surface area contributed by atoms with Crippen molar-refractivity contribution in [1.29, 1.82) is 0 Å². The summed E-state index contributed by atoms with van der Waals surface area (Å²) in [5.41, 5.74) is 3.41. The van der Waals surface area contributed by atoms with Crippen LogP contribution in [0.5, 0.6) is 0 Å². The lowest BCUT2D eigenvalue weighted by Crippen LogP contribution is -2.28. The number of Topliss-reactive ketones (excluding diaryl/α,β-unsaturated/α-hetero) is 1. The monoisotopic (exact) mass is 222 g/mol. The minimum Gasteiger partial charge on any atom is -0.306 e. The minimum absolute atomic E-state index is 0.00896. The Hall–Kier alpha value is -1.88. The molecule has 0 atom stereocenters. The molecular formula is C11H14N2O3. The highest BCUT2D eigenvalue weighted by molar-refractivity contribution is 5.95. The molecule has 86 valence electrons. The van der Waals surface area contributed by atoms with Gasteiger partial charge in [0, 0.05) is 11.3 Å². The molecule has 0 bridgehead atoms. The maximum Gasteiger partial charge on any atom is 0.343 e. The van der Waals surface area contributed by atoms with Crippen LogP contribution < -0.4 is 10.8 Å². The van der Waals surface area contributed by atoms with E-state index in [0.717, 1.165) is 0 Å². The first-order valence-corrected chi connectivity index (χ1v) is 4.93. The predicted octanol–water partition coefficient (Wildman–Crippen LogP) is 1.96. The number of hydrogen-bond donors (Lipinski definition) is 2. The molecule has 0 saturated heterocycles. The quantitative estimate of drug-likeness (QED) is 0.604.